The summed E-state index contributed by atoms with van der Waals surface area (Å²) in [5, 5.41) is 11.8. The maximum absolute atomic E-state index is 12.5. The zero-order valence-electron chi connectivity index (χ0n) is 26.2. The lowest BCUT2D eigenvalue weighted by Gasteiger charge is -2.39. The van der Waals surface area contributed by atoms with Crippen LogP contribution in [-0.2, 0) is 16.2 Å². The number of hydrogen-bond acceptors (Lipinski definition) is 7. The van der Waals surface area contributed by atoms with Crippen LogP contribution in [0, 0.1) is 0 Å². The minimum atomic E-state index is -1.24. The molecule has 4 aromatic rings. The zero-order chi connectivity index (χ0) is 31.4. The Morgan fingerprint density at radius 3 is 2.55 bits per heavy atom. The van der Waals surface area contributed by atoms with Crippen molar-refractivity contribution >= 4 is 65.3 Å². The third kappa shape index (κ3) is 6.42. The fraction of sp³-hybridized carbons (Fsp3) is 0.548. The van der Waals surface area contributed by atoms with Gasteiger partial charge in [0, 0.05) is 50.1 Å². The Hall–Kier alpha value is -2.86. The molecule has 2 fully saturated rings. The van der Waals surface area contributed by atoms with Crippen LogP contribution >= 0.6 is 23.2 Å². The number of benzene rings is 1. The van der Waals surface area contributed by atoms with Crippen molar-refractivity contribution in [3.63, 3.8) is 0 Å². The molecule has 0 spiro atoms. The van der Waals surface area contributed by atoms with Gasteiger partial charge in [0.15, 0.2) is 5.65 Å². The third-order valence-electron chi connectivity index (χ3n) is 8.40. The Kier molecular flexibility index (Phi) is 8.36. The first kappa shape index (κ1) is 31.1. The average molecular weight is 659 g/mol. The van der Waals surface area contributed by atoms with E-state index in [4.69, 9.17) is 42.6 Å². The molecule has 1 aromatic carbocycles. The first-order valence-corrected chi connectivity index (χ1v) is 19.8. The molecule has 1 unspecified atom stereocenters. The lowest BCUT2D eigenvalue weighted by atomic mass is 9.97. The number of hydrogen-bond donors (Lipinski definition) is 2. The van der Waals surface area contributed by atoms with Gasteiger partial charge in [0.25, 0.3) is 0 Å². The molecule has 13 heteroatoms. The Morgan fingerprint density at radius 1 is 1.14 bits per heavy atom. The number of ether oxygens (including phenoxy) is 2. The minimum absolute atomic E-state index is 0.0670. The fourth-order valence-electron chi connectivity index (χ4n) is 6.38. The van der Waals surface area contributed by atoms with E-state index in [0.29, 0.717) is 34.4 Å². The van der Waals surface area contributed by atoms with Crippen LogP contribution in [0.1, 0.15) is 46.5 Å². The molecule has 44 heavy (non-hydrogen) atoms. The Bertz CT molecular complexity index is 1680. The van der Waals surface area contributed by atoms with Crippen LogP contribution in [0.2, 0.25) is 35.9 Å². The van der Waals surface area contributed by atoms with Crippen LogP contribution in [0.4, 0.5) is 10.6 Å². The number of nitrogens with one attached hydrogen (secondary N) is 2. The maximum atomic E-state index is 12.5. The molecule has 2 N–H and O–H groups in total. The third-order valence-corrected chi connectivity index (χ3v) is 10.8. The number of aromatic nitrogens is 5. The summed E-state index contributed by atoms with van der Waals surface area (Å²) in [5.41, 5.74) is 3.34. The molecule has 10 nitrogen and oxygen atoms in total. The summed E-state index contributed by atoms with van der Waals surface area (Å²) in [6, 6.07) is 5.52. The minimum Gasteiger partial charge on any atom is -0.444 e. The molecule has 5 heterocycles. The molecular formula is C31H41Cl2N7O3Si. The van der Waals surface area contributed by atoms with E-state index in [-0.39, 0.29) is 24.2 Å². The predicted molar refractivity (Wildman–Crippen MR) is 178 cm³/mol. The number of anilines is 1. The number of carbonyl (C=O) groups excluding carboxylic acids is 1. The number of amides is 1. The lowest BCUT2D eigenvalue weighted by molar-refractivity contribution is 0.0492. The molecular weight excluding hydrogens is 617 g/mol. The number of aromatic amines is 1. The first-order chi connectivity index (χ1) is 20.8. The number of halogens is 2. The van der Waals surface area contributed by atoms with Crippen molar-refractivity contribution in [3.8, 4) is 11.1 Å². The van der Waals surface area contributed by atoms with Crippen LogP contribution in [0.15, 0.2) is 24.5 Å². The van der Waals surface area contributed by atoms with Gasteiger partial charge in [-0.2, -0.15) is 5.10 Å². The van der Waals surface area contributed by atoms with E-state index in [2.05, 4.69) is 40.1 Å². The van der Waals surface area contributed by atoms with Gasteiger partial charge in [-0.1, -0.05) is 48.9 Å². The van der Waals surface area contributed by atoms with E-state index >= 15 is 0 Å². The molecule has 0 saturated carbocycles. The normalized spacial score (nSPS) is 20.5. The van der Waals surface area contributed by atoms with Crippen molar-refractivity contribution in [1.29, 1.82) is 0 Å². The van der Waals surface area contributed by atoms with Crippen molar-refractivity contribution in [2.45, 2.75) is 103 Å². The molecule has 0 radical (unpaired) electrons. The van der Waals surface area contributed by atoms with Gasteiger partial charge in [-0.15, -0.1) is 0 Å². The highest BCUT2D eigenvalue weighted by Gasteiger charge is 2.42. The number of fused-ring (bicyclic) bond motifs is 4. The quantitative estimate of drug-likeness (QED) is 0.148. The molecule has 1 amide bonds. The highest BCUT2D eigenvalue weighted by atomic mass is 35.5. The van der Waals surface area contributed by atoms with E-state index < -0.39 is 13.7 Å². The number of carbonyl (C=O) groups is 1. The maximum Gasteiger partial charge on any atom is 0.407 e. The molecule has 3 aromatic heterocycles. The summed E-state index contributed by atoms with van der Waals surface area (Å²) >= 11 is 13.3. The van der Waals surface area contributed by atoms with Gasteiger partial charge in [-0.25, -0.2) is 14.8 Å². The number of nitrogens with zero attached hydrogens (tertiary/aromatic N) is 5. The van der Waals surface area contributed by atoms with E-state index in [1.54, 1.807) is 0 Å². The molecule has 0 aliphatic carbocycles. The fourth-order valence-corrected chi connectivity index (χ4v) is 7.78. The smallest absolute Gasteiger partial charge is 0.407 e. The van der Waals surface area contributed by atoms with Gasteiger partial charge in [-0.3, -0.25) is 5.10 Å². The highest BCUT2D eigenvalue weighted by molar-refractivity contribution is 6.76. The standard InChI is InChI=1S/C31H41Cl2N7O3Si/c1-31(2,3)43-30(41)35-18-13-19-7-8-20(14-18)40(19)24-15-34-27-22(21-9-10-23-25(26(21)32)28(33)38-37-23)16-39(29(27)36-24)17-42-11-12-44(4,5)6/h9-10,15-16,18-20H,7-8,11-14,17H2,1-6H3,(H,35,41)(H,37,38)/t18?,19-,20+. The topological polar surface area (TPSA) is 110 Å². The SMILES string of the molecule is CC(C)(C)OC(=O)NC1C[C@H]2CC[C@@H](C1)N2c1cnc2c(-c3ccc4n[nH]c(Cl)c4c3Cl)cn(COCC[Si](C)(C)C)c2n1. The van der Waals surface area contributed by atoms with Gasteiger partial charge in [0.2, 0.25) is 0 Å². The summed E-state index contributed by atoms with van der Waals surface area (Å²) in [7, 11) is -1.24. The number of H-pyrrole nitrogens is 1. The van der Waals surface area contributed by atoms with Crippen molar-refractivity contribution < 1.29 is 14.3 Å². The summed E-state index contributed by atoms with van der Waals surface area (Å²) < 4.78 is 13.7. The second-order valence-electron chi connectivity index (χ2n) is 14.2. The van der Waals surface area contributed by atoms with Crippen LogP contribution in [0.25, 0.3) is 33.2 Å². The first-order valence-electron chi connectivity index (χ1n) is 15.3. The molecule has 3 atom stereocenters. The number of rotatable bonds is 8. The van der Waals surface area contributed by atoms with Crippen LogP contribution in [-0.4, -0.2) is 69.2 Å². The molecule has 236 valence electrons. The van der Waals surface area contributed by atoms with Crippen molar-refractivity contribution in [3.05, 3.63) is 34.7 Å². The van der Waals surface area contributed by atoms with E-state index in [1.807, 2.05) is 49.9 Å². The average Bonchev–Trinajstić information content (AvgIpc) is 3.56. The van der Waals surface area contributed by atoms with Gasteiger partial charge in [0.05, 0.1) is 22.1 Å². The molecule has 2 aliphatic heterocycles. The van der Waals surface area contributed by atoms with E-state index in [1.165, 1.54) is 0 Å². The van der Waals surface area contributed by atoms with Gasteiger partial charge in [-0.05, 0) is 58.6 Å². The summed E-state index contributed by atoms with van der Waals surface area (Å²) in [6.07, 6.45) is 7.30. The summed E-state index contributed by atoms with van der Waals surface area (Å²) in [5.74, 6) is 0.841. The molecule has 2 bridgehead atoms. The zero-order valence-corrected chi connectivity index (χ0v) is 28.7. The van der Waals surface area contributed by atoms with Crippen molar-refractivity contribution in [2.75, 3.05) is 11.5 Å². The lowest BCUT2D eigenvalue weighted by Crippen LogP contribution is -2.51. The number of alkyl carbamates (subject to hydrolysis) is 1. The summed E-state index contributed by atoms with van der Waals surface area (Å²) in [4.78, 5) is 25.1. The van der Waals surface area contributed by atoms with Gasteiger partial charge >= 0.3 is 6.09 Å². The Balaban J connectivity index is 1.31. The monoisotopic (exact) mass is 657 g/mol. The second kappa shape index (κ2) is 11.8. The van der Waals surface area contributed by atoms with Crippen molar-refractivity contribution in [2.24, 2.45) is 0 Å². The Morgan fingerprint density at radius 2 is 1.86 bits per heavy atom. The van der Waals surface area contributed by atoms with E-state index in [0.717, 1.165) is 59.8 Å². The van der Waals surface area contributed by atoms with Gasteiger partial charge < -0.3 is 24.3 Å². The molecule has 6 rings (SSSR count). The van der Waals surface area contributed by atoms with Crippen LogP contribution in [0.3, 0.4) is 0 Å². The highest BCUT2D eigenvalue weighted by Crippen LogP contribution is 2.42. The predicted octanol–water partition coefficient (Wildman–Crippen LogP) is 7.62. The van der Waals surface area contributed by atoms with Gasteiger partial charge in [0.1, 0.15) is 28.8 Å². The van der Waals surface area contributed by atoms with Crippen molar-refractivity contribution in [1.82, 2.24) is 30.0 Å². The number of piperidine rings is 1. The van der Waals surface area contributed by atoms with E-state index in [9.17, 15) is 4.79 Å². The molecule has 2 aliphatic rings. The Labute approximate surface area is 268 Å². The second-order valence-corrected chi connectivity index (χ2v) is 20.6. The van der Waals surface area contributed by atoms with Crippen LogP contribution < -0.4 is 10.2 Å². The largest absolute Gasteiger partial charge is 0.444 e. The molecule has 2 saturated heterocycles. The summed E-state index contributed by atoms with van der Waals surface area (Å²) in [6.45, 7) is 13.7. The van der Waals surface area contributed by atoms with Crippen LogP contribution in [0.5, 0.6) is 0 Å².